The van der Waals surface area contributed by atoms with Gasteiger partial charge in [0, 0.05) is 18.7 Å². The molecular weight excluding hydrogens is 373 g/mol. The number of benzene rings is 1. The Morgan fingerprint density at radius 2 is 2.08 bits per heavy atom. The van der Waals surface area contributed by atoms with Gasteiger partial charge in [-0.25, -0.2) is 0 Å². The van der Waals surface area contributed by atoms with E-state index in [1.54, 1.807) is 12.1 Å². The van der Waals surface area contributed by atoms with E-state index in [2.05, 4.69) is 15.1 Å². The average Bonchev–Trinajstić information content (AvgIpc) is 2.98. The molecule has 1 aliphatic heterocycles. The number of unbranched alkanes of at least 4 members (excludes halogenated alkanes) is 1. The van der Waals surface area contributed by atoms with Crippen molar-refractivity contribution < 1.29 is 14.7 Å². The van der Waals surface area contributed by atoms with Crippen molar-refractivity contribution in [1.82, 2.24) is 4.90 Å². The first kappa shape index (κ1) is 19.1. The largest absolute Gasteiger partial charge is 0.399 e. The summed E-state index contributed by atoms with van der Waals surface area (Å²) < 4.78 is 0. The molecule has 25 heavy (non-hydrogen) atoms. The third-order valence-electron chi connectivity index (χ3n) is 3.42. The minimum atomic E-state index is -0.850. The topological polar surface area (TPSA) is 123 Å². The number of amides is 1. The van der Waals surface area contributed by atoms with Crippen LogP contribution in [0.15, 0.2) is 17.1 Å². The van der Waals surface area contributed by atoms with Gasteiger partial charge in [-0.2, -0.15) is 0 Å². The van der Waals surface area contributed by atoms with Crippen LogP contribution in [0.1, 0.15) is 19.3 Å². The molecule has 0 aromatic heterocycles. The Kier molecular flexibility index (Phi) is 6.65. The number of nitrogen functional groups attached to an aromatic ring is 1. The first-order chi connectivity index (χ1) is 11.9. The molecule has 1 aliphatic rings. The molecule has 0 fully saturated rings. The highest BCUT2D eigenvalue weighted by Crippen LogP contribution is 2.33. The summed E-state index contributed by atoms with van der Waals surface area (Å²) in [5.41, 5.74) is 6.52. The number of nitrogens with one attached hydrogen (secondary N) is 1. The maximum Gasteiger partial charge on any atom is 0.294 e. The van der Waals surface area contributed by atoms with Gasteiger partial charge >= 0.3 is 0 Å². The lowest BCUT2D eigenvalue weighted by atomic mass is 10.2. The molecule has 0 bridgehead atoms. The molecule has 0 aliphatic carbocycles. The summed E-state index contributed by atoms with van der Waals surface area (Å²) in [4.78, 5) is 32.3. The molecule has 1 amide bonds. The highest BCUT2D eigenvalue weighted by atomic mass is 35.5. The summed E-state index contributed by atoms with van der Waals surface area (Å²) >= 11 is 12.3. The van der Waals surface area contributed by atoms with Gasteiger partial charge in [0.15, 0.2) is 0 Å². The van der Waals surface area contributed by atoms with Gasteiger partial charge in [-0.15, -0.1) is 10.1 Å². The second-order valence-electron chi connectivity index (χ2n) is 5.25. The van der Waals surface area contributed by atoms with Crippen LogP contribution in [0.25, 0.3) is 0 Å². The zero-order valence-corrected chi connectivity index (χ0v) is 14.7. The summed E-state index contributed by atoms with van der Waals surface area (Å²) in [5.74, 6) is 0.215. The van der Waals surface area contributed by atoms with Crippen molar-refractivity contribution in [1.29, 1.82) is 0 Å². The molecule has 3 N–H and O–H groups in total. The van der Waals surface area contributed by atoms with Crippen LogP contribution in [-0.4, -0.2) is 41.5 Å². The van der Waals surface area contributed by atoms with E-state index in [-0.39, 0.29) is 18.9 Å². The molecule has 0 spiro atoms. The van der Waals surface area contributed by atoms with E-state index >= 15 is 0 Å². The summed E-state index contributed by atoms with van der Waals surface area (Å²) in [6.07, 6.45) is 1.11. The van der Waals surface area contributed by atoms with Gasteiger partial charge in [0.1, 0.15) is 0 Å². The van der Waals surface area contributed by atoms with E-state index in [1.807, 2.05) is 0 Å². The number of carbonyl (C=O) groups excluding carboxylic acids is 1. The Morgan fingerprint density at radius 3 is 2.72 bits per heavy atom. The number of hydrogen-bond donors (Lipinski definition) is 2. The van der Waals surface area contributed by atoms with Crippen LogP contribution in [0, 0.1) is 10.1 Å². The Bertz CT molecular complexity index is 675. The molecule has 1 aromatic rings. The van der Waals surface area contributed by atoms with E-state index in [0.717, 1.165) is 0 Å². The third kappa shape index (κ3) is 5.36. The molecule has 0 saturated carbocycles. The standard InChI is InChI=1S/C14H17Cl2N5O4/c15-10-7-9(17)8-11(16)13(10)19-14-18-4-5-20(14)12(22)3-1-2-6-25-21(23)24/h7-8H,1-6,17H2,(H,18,19). The van der Waals surface area contributed by atoms with Crippen LogP contribution in [0.5, 0.6) is 0 Å². The third-order valence-corrected chi connectivity index (χ3v) is 4.02. The van der Waals surface area contributed by atoms with E-state index in [0.29, 0.717) is 53.3 Å². The van der Waals surface area contributed by atoms with Crippen molar-refractivity contribution in [3.05, 3.63) is 32.3 Å². The predicted molar refractivity (Wildman–Crippen MR) is 95.3 cm³/mol. The number of hydrogen-bond acceptors (Lipinski definition) is 7. The van der Waals surface area contributed by atoms with Gasteiger partial charge in [0.05, 0.1) is 28.9 Å². The van der Waals surface area contributed by atoms with Gasteiger partial charge in [0.2, 0.25) is 11.9 Å². The number of carbonyl (C=O) groups is 1. The van der Waals surface area contributed by atoms with Gasteiger partial charge in [0.25, 0.3) is 5.09 Å². The number of halogens is 2. The van der Waals surface area contributed by atoms with Crippen LogP contribution < -0.4 is 11.1 Å². The predicted octanol–water partition coefficient (Wildman–Crippen LogP) is 2.56. The second-order valence-corrected chi connectivity index (χ2v) is 6.06. The summed E-state index contributed by atoms with van der Waals surface area (Å²) in [7, 11) is 0. The number of rotatable bonds is 7. The second kappa shape index (κ2) is 8.72. The lowest BCUT2D eigenvalue weighted by Gasteiger charge is -2.20. The van der Waals surface area contributed by atoms with E-state index < -0.39 is 5.09 Å². The number of nitrogens with two attached hydrogens (primary N) is 1. The minimum absolute atomic E-state index is 0.0316. The molecule has 1 heterocycles. The molecule has 0 atom stereocenters. The van der Waals surface area contributed by atoms with Crippen LogP contribution >= 0.6 is 23.2 Å². The van der Waals surface area contributed by atoms with Crippen molar-refractivity contribution in [3.8, 4) is 0 Å². The fourth-order valence-electron chi connectivity index (χ4n) is 2.27. The van der Waals surface area contributed by atoms with Crippen molar-refractivity contribution in [2.75, 3.05) is 30.7 Å². The summed E-state index contributed by atoms with van der Waals surface area (Å²) in [5, 5.41) is 12.8. The van der Waals surface area contributed by atoms with Gasteiger partial charge < -0.3 is 15.9 Å². The highest BCUT2D eigenvalue weighted by molar-refractivity contribution is 6.40. The van der Waals surface area contributed by atoms with E-state index in [1.165, 1.54) is 4.90 Å². The molecule has 0 radical (unpaired) electrons. The monoisotopic (exact) mass is 389 g/mol. The number of nitrogens with zero attached hydrogens (tertiary/aromatic N) is 3. The highest BCUT2D eigenvalue weighted by Gasteiger charge is 2.24. The van der Waals surface area contributed by atoms with Crippen molar-refractivity contribution in [2.24, 2.45) is 4.99 Å². The van der Waals surface area contributed by atoms with Gasteiger partial charge in [-0.3, -0.25) is 14.7 Å². The fraction of sp³-hybridized carbons (Fsp3) is 0.429. The maximum atomic E-state index is 12.3. The Balaban J connectivity index is 1.92. The van der Waals surface area contributed by atoms with Crippen molar-refractivity contribution >= 4 is 46.4 Å². The SMILES string of the molecule is Nc1cc(Cl)c(NC2=NCCN2C(=O)CCCCO[N+](=O)[O-])c(Cl)c1. The Morgan fingerprint density at radius 1 is 1.40 bits per heavy atom. The van der Waals surface area contributed by atoms with Crippen molar-refractivity contribution in [3.63, 3.8) is 0 Å². The van der Waals surface area contributed by atoms with Crippen molar-refractivity contribution in [2.45, 2.75) is 19.3 Å². The summed E-state index contributed by atoms with van der Waals surface area (Å²) in [6, 6.07) is 3.10. The van der Waals surface area contributed by atoms with Gasteiger partial charge in [-0.05, 0) is 25.0 Å². The van der Waals surface area contributed by atoms with Crippen LogP contribution in [0.3, 0.4) is 0 Å². The number of aliphatic imine (C=N–C) groups is 1. The fourth-order valence-corrected chi connectivity index (χ4v) is 2.87. The molecule has 0 unspecified atom stereocenters. The number of anilines is 2. The first-order valence-electron chi connectivity index (χ1n) is 7.52. The first-order valence-corrected chi connectivity index (χ1v) is 8.27. The molecule has 1 aromatic carbocycles. The zero-order chi connectivity index (χ0) is 18.4. The molecule has 9 nitrogen and oxygen atoms in total. The smallest absolute Gasteiger partial charge is 0.294 e. The van der Waals surface area contributed by atoms with E-state index in [9.17, 15) is 14.9 Å². The molecule has 2 rings (SSSR count). The maximum absolute atomic E-state index is 12.3. The molecular formula is C14H17Cl2N5O4. The lowest BCUT2D eigenvalue weighted by molar-refractivity contribution is -0.757. The van der Waals surface area contributed by atoms with Crippen LogP contribution in [0.2, 0.25) is 10.0 Å². The molecule has 0 saturated heterocycles. The molecule has 136 valence electrons. The lowest BCUT2D eigenvalue weighted by Crippen LogP contribution is -2.38. The van der Waals surface area contributed by atoms with Crippen LogP contribution in [-0.2, 0) is 9.63 Å². The molecule has 11 heteroatoms. The van der Waals surface area contributed by atoms with Crippen LogP contribution in [0.4, 0.5) is 11.4 Å². The minimum Gasteiger partial charge on any atom is -0.399 e. The van der Waals surface area contributed by atoms with E-state index in [4.69, 9.17) is 28.9 Å². The summed E-state index contributed by atoms with van der Waals surface area (Å²) in [6.45, 7) is 0.871. The van der Waals surface area contributed by atoms with Gasteiger partial charge in [-0.1, -0.05) is 23.2 Å². The normalized spacial score (nSPS) is 13.5. The Hall–Kier alpha value is -2.26. The zero-order valence-electron chi connectivity index (χ0n) is 13.2. The Labute approximate surface area is 153 Å². The average molecular weight is 390 g/mol. The quantitative estimate of drug-likeness (QED) is 0.319. The number of guanidine groups is 1.